The maximum atomic E-state index is 13.4. The van der Waals surface area contributed by atoms with Crippen LogP contribution in [0.3, 0.4) is 0 Å². The lowest BCUT2D eigenvalue weighted by Crippen LogP contribution is -2.20. The Balaban J connectivity index is 1.54. The Bertz CT molecular complexity index is 1390. The van der Waals surface area contributed by atoms with Crippen molar-refractivity contribution in [2.45, 2.75) is 24.3 Å². The minimum Gasteiger partial charge on any atom is -0.325 e. The van der Waals surface area contributed by atoms with Gasteiger partial charge in [-0.25, -0.2) is 10.1 Å². The van der Waals surface area contributed by atoms with Gasteiger partial charge < -0.3 is 5.32 Å². The second-order valence-corrected chi connectivity index (χ2v) is 8.55. The quantitative estimate of drug-likeness (QED) is 0.373. The predicted octanol–water partition coefficient (Wildman–Crippen LogP) is 5.30. The molecule has 154 valence electrons. The standard InChI is InChI=1S/C24H21N5OS/c1-15-12-13-16(2)19(14-15)25-22(30)21(17-8-4-3-5-9-17)31-24-28-27-23-26-18-10-6-7-11-20(18)29(23)24/h3-14,21H,1-2H3,(H,25,30)(H,26,27). The molecule has 0 saturated carbocycles. The van der Waals surface area contributed by atoms with E-state index < -0.39 is 5.25 Å². The van der Waals surface area contributed by atoms with Gasteiger partial charge in [-0.2, -0.15) is 0 Å². The van der Waals surface area contributed by atoms with Crippen molar-refractivity contribution < 1.29 is 4.79 Å². The Morgan fingerprint density at radius 2 is 1.81 bits per heavy atom. The van der Waals surface area contributed by atoms with E-state index in [1.165, 1.54) is 11.8 Å². The summed E-state index contributed by atoms with van der Waals surface area (Å²) < 4.78 is 1.96. The van der Waals surface area contributed by atoms with Crippen LogP contribution in [0.25, 0.3) is 16.8 Å². The van der Waals surface area contributed by atoms with Crippen molar-refractivity contribution in [2.24, 2.45) is 0 Å². The predicted molar refractivity (Wildman–Crippen MR) is 124 cm³/mol. The fourth-order valence-electron chi connectivity index (χ4n) is 3.60. The first-order chi connectivity index (χ1) is 15.1. The van der Waals surface area contributed by atoms with Gasteiger partial charge in [0.2, 0.25) is 11.7 Å². The van der Waals surface area contributed by atoms with Crippen LogP contribution in [0.2, 0.25) is 0 Å². The molecule has 7 heteroatoms. The van der Waals surface area contributed by atoms with Gasteiger partial charge in [-0.15, -0.1) is 5.10 Å². The van der Waals surface area contributed by atoms with Crippen molar-refractivity contribution in [3.05, 3.63) is 89.5 Å². The zero-order chi connectivity index (χ0) is 21.4. The molecule has 0 radical (unpaired) electrons. The molecule has 2 heterocycles. The highest BCUT2D eigenvalue weighted by Gasteiger charge is 2.26. The maximum Gasteiger partial charge on any atom is 0.242 e. The summed E-state index contributed by atoms with van der Waals surface area (Å²) in [6.45, 7) is 4.01. The highest BCUT2D eigenvalue weighted by atomic mass is 32.2. The number of aryl methyl sites for hydroxylation is 2. The van der Waals surface area contributed by atoms with Gasteiger partial charge in [-0.3, -0.25) is 9.20 Å². The van der Waals surface area contributed by atoms with Crippen LogP contribution < -0.4 is 5.32 Å². The van der Waals surface area contributed by atoms with Crippen LogP contribution in [0.15, 0.2) is 78.0 Å². The summed E-state index contributed by atoms with van der Waals surface area (Å²) in [5.74, 6) is 0.566. The third kappa shape index (κ3) is 3.68. The number of H-pyrrole nitrogens is 1. The highest BCUT2D eigenvalue weighted by molar-refractivity contribution is 8.00. The van der Waals surface area contributed by atoms with Gasteiger partial charge in [0.15, 0.2) is 5.16 Å². The molecule has 2 N–H and O–H groups in total. The minimum atomic E-state index is -0.478. The van der Waals surface area contributed by atoms with Gasteiger partial charge in [0.1, 0.15) is 5.25 Å². The molecule has 0 saturated heterocycles. The van der Waals surface area contributed by atoms with E-state index >= 15 is 0 Å². The second kappa shape index (κ2) is 7.92. The van der Waals surface area contributed by atoms with Gasteiger partial charge in [0, 0.05) is 5.69 Å². The fraction of sp³-hybridized carbons (Fsp3) is 0.125. The van der Waals surface area contributed by atoms with Gasteiger partial charge in [0.25, 0.3) is 0 Å². The zero-order valence-corrected chi connectivity index (χ0v) is 18.0. The third-order valence-corrected chi connectivity index (χ3v) is 6.42. The molecule has 1 amide bonds. The molecule has 0 spiro atoms. The number of aromatic amines is 1. The van der Waals surface area contributed by atoms with Crippen LogP contribution in [0, 0.1) is 13.8 Å². The average Bonchev–Trinajstić information content (AvgIpc) is 3.34. The lowest BCUT2D eigenvalue weighted by atomic mass is 10.1. The van der Waals surface area contributed by atoms with Crippen LogP contribution in [-0.2, 0) is 4.79 Å². The average molecular weight is 428 g/mol. The fourth-order valence-corrected chi connectivity index (χ4v) is 4.66. The van der Waals surface area contributed by atoms with Crippen LogP contribution in [-0.4, -0.2) is 25.5 Å². The summed E-state index contributed by atoms with van der Waals surface area (Å²) in [5.41, 5.74) is 5.70. The third-order valence-electron chi connectivity index (χ3n) is 5.22. The monoisotopic (exact) mass is 427 g/mol. The summed E-state index contributed by atoms with van der Waals surface area (Å²) in [6, 6.07) is 23.7. The lowest BCUT2D eigenvalue weighted by molar-refractivity contribution is -0.115. The SMILES string of the molecule is Cc1ccc(C)c(NC(=O)C(Sc2n[nH]c3nc4ccccc4n23)c2ccccc2)c1. The van der Waals surface area contributed by atoms with Crippen LogP contribution in [0.1, 0.15) is 21.9 Å². The Morgan fingerprint density at radius 3 is 2.65 bits per heavy atom. The number of carbonyl (C=O) groups is 1. The number of benzene rings is 3. The van der Waals surface area contributed by atoms with Crippen molar-refractivity contribution in [1.29, 1.82) is 0 Å². The first-order valence-corrected chi connectivity index (χ1v) is 10.9. The van der Waals surface area contributed by atoms with Gasteiger partial charge in [-0.05, 0) is 48.7 Å². The summed E-state index contributed by atoms with van der Waals surface area (Å²) in [6.07, 6.45) is 0. The molecule has 5 aromatic rings. The Hall–Kier alpha value is -3.58. The normalized spacial score (nSPS) is 12.3. The number of fused-ring (bicyclic) bond motifs is 3. The number of nitrogens with zero attached hydrogens (tertiary/aromatic N) is 3. The van der Waals surface area contributed by atoms with Crippen molar-refractivity contribution in [3.8, 4) is 0 Å². The number of amides is 1. The molecule has 6 nitrogen and oxygen atoms in total. The topological polar surface area (TPSA) is 75.1 Å². The van der Waals surface area contributed by atoms with E-state index in [9.17, 15) is 4.79 Å². The van der Waals surface area contributed by atoms with Crippen molar-refractivity contribution in [2.75, 3.05) is 5.32 Å². The molecule has 5 rings (SSSR count). The molecule has 31 heavy (non-hydrogen) atoms. The number of nitrogens with one attached hydrogen (secondary N) is 2. The number of hydrogen-bond acceptors (Lipinski definition) is 4. The zero-order valence-electron chi connectivity index (χ0n) is 17.2. The molecule has 0 aliphatic rings. The Morgan fingerprint density at radius 1 is 1.03 bits per heavy atom. The second-order valence-electron chi connectivity index (χ2n) is 7.48. The Kier molecular flexibility index (Phi) is 4.95. The van der Waals surface area contributed by atoms with Gasteiger partial charge >= 0.3 is 0 Å². The molecule has 0 fully saturated rings. The van der Waals surface area contributed by atoms with Crippen molar-refractivity contribution in [1.82, 2.24) is 19.6 Å². The largest absolute Gasteiger partial charge is 0.325 e. The van der Waals surface area contributed by atoms with Crippen LogP contribution in [0.5, 0.6) is 0 Å². The number of thioether (sulfide) groups is 1. The van der Waals surface area contributed by atoms with Gasteiger partial charge in [0.05, 0.1) is 11.0 Å². The number of hydrogen-bond donors (Lipinski definition) is 2. The molecule has 0 aliphatic heterocycles. The molecule has 3 aromatic carbocycles. The number of aromatic nitrogens is 4. The summed E-state index contributed by atoms with van der Waals surface area (Å²) in [7, 11) is 0. The molecule has 1 unspecified atom stereocenters. The van der Waals surface area contributed by atoms with E-state index in [-0.39, 0.29) is 5.91 Å². The molecule has 0 aliphatic carbocycles. The van der Waals surface area contributed by atoms with E-state index in [0.717, 1.165) is 33.4 Å². The molecular weight excluding hydrogens is 406 g/mol. The van der Waals surface area contributed by atoms with Crippen LogP contribution in [0.4, 0.5) is 5.69 Å². The van der Waals surface area contributed by atoms with Crippen LogP contribution >= 0.6 is 11.8 Å². The number of rotatable bonds is 5. The van der Waals surface area contributed by atoms with E-state index in [1.807, 2.05) is 91.0 Å². The van der Waals surface area contributed by atoms with E-state index in [0.29, 0.717) is 10.9 Å². The number of anilines is 1. The van der Waals surface area contributed by atoms with E-state index in [1.54, 1.807) is 0 Å². The molecular formula is C24H21N5OS. The Labute approximate surface area is 183 Å². The smallest absolute Gasteiger partial charge is 0.242 e. The first-order valence-electron chi connectivity index (χ1n) is 10.0. The molecule has 0 bridgehead atoms. The van der Waals surface area contributed by atoms with Crippen molar-refractivity contribution >= 4 is 40.2 Å². The molecule has 1 atom stereocenters. The highest BCUT2D eigenvalue weighted by Crippen LogP contribution is 2.36. The summed E-state index contributed by atoms with van der Waals surface area (Å²) >= 11 is 1.40. The summed E-state index contributed by atoms with van der Waals surface area (Å²) in [4.78, 5) is 18.0. The van der Waals surface area contributed by atoms with E-state index in [2.05, 4.69) is 20.5 Å². The summed E-state index contributed by atoms with van der Waals surface area (Å²) in [5, 5.41) is 10.8. The molecule has 2 aromatic heterocycles. The first kappa shape index (κ1) is 19.4. The number of carbonyl (C=O) groups excluding carboxylic acids is 1. The number of imidazole rings is 1. The number of para-hydroxylation sites is 2. The van der Waals surface area contributed by atoms with Gasteiger partial charge in [-0.1, -0.05) is 66.4 Å². The maximum absolute atomic E-state index is 13.4. The minimum absolute atomic E-state index is 0.0922. The lowest BCUT2D eigenvalue weighted by Gasteiger charge is -2.17. The van der Waals surface area contributed by atoms with E-state index in [4.69, 9.17) is 0 Å². The van der Waals surface area contributed by atoms with Crippen molar-refractivity contribution in [3.63, 3.8) is 0 Å².